The monoisotopic (exact) mass is 248 g/mol. The Kier molecular flexibility index (Phi) is 6.12. The van der Waals surface area contributed by atoms with E-state index in [2.05, 4.69) is 6.92 Å². The van der Waals surface area contributed by atoms with Gasteiger partial charge in [-0.3, -0.25) is 9.59 Å². The molecule has 0 aromatic heterocycles. The highest BCUT2D eigenvalue weighted by Crippen LogP contribution is 2.10. The fourth-order valence-electron chi connectivity index (χ4n) is 1.70. The Morgan fingerprint density at radius 3 is 2.28 bits per heavy atom. The maximum atomic E-state index is 11.8. The topological polar surface area (TPSA) is 43.4 Å². The van der Waals surface area contributed by atoms with Gasteiger partial charge in [0.25, 0.3) is 0 Å². The number of aryl methyl sites for hydroxylation is 1. The summed E-state index contributed by atoms with van der Waals surface area (Å²) in [5.74, 6) is -0.145. The zero-order valence-corrected chi connectivity index (χ0v) is 11.1. The zero-order valence-electron chi connectivity index (χ0n) is 11.1. The van der Waals surface area contributed by atoms with E-state index in [0.717, 1.165) is 12.0 Å². The molecule has 3 nitrogen and oxygen atoms in total. The summed E-state index contributed by atoms with van der Waals surface area (Å²) in [7, 11) is 0. The van der Waals surface area contributed by atoms with E-state index in [9.17, 15) is 9.59 Å². The van der Waals surface area contributed by atoms with Crippen LogP contribution < -0.4 is 0 Å². The maximum Gasteiger partial charge on any atom is 0.305 e. The van der Waals surface area contributed by atoms with Gasteiger partial charge < -0.3 is 4.74 Å². The fourth-order valence-corrected chi connectivity index (χ4v) is 1.70. The maximum absolute atomic E-state index is 11.8. The van der Waals surface area contributed by atoms with Crippen molar-refractivity contribution in [1.82, 2.24) is 0 Å². The van der Waals surface area contributed by atoms with Gasteiger partial charge in [-0.15, -0.1) is 0 Å². The molecule has 0 fully saturated rings. The first-order chi connectivity index (χ1) is 8.67. The van der Waals surface area contributed by atoms with E-state index in [-0.39, 0.29) is 11.8 Å². The van der Waals surface area contributed by atoms with Crippen molar-refractivity contribution >= 4 is 11.8 Å². The molecule has 0 aliphatic carbocycles. The minimum absolute atomic E-state index is 0.0851. The second-order valence-electron chi connectivity index (χ2n) is 4.13. The summed E-state index contributed by atoms with van der Waals surface area (Å²) in [6.07, 6.45) is 2.22. The summed E-state index contributed by atoms with van der Waals surface area (Å²) in [6.45, 7) is 4.25. The van der Waals surface area contributed by atoms with Crippen LogP contribution in [0.15, 0.2) is 24.3 Å². The van der Waals surface area contributed by atoms with Crippen LogP contribution in [0.25, 0.3) is 0 Å². The Morgan fingerprint density at radius 1 is 1.06 bits per heavy atom. The third-order valence-electron chi connectivity index (χ3n) is 2.77. The Hall–Kier alpha value is -1.64. The first kappa shape index (κ1) is 14.4. The van der Waals surface area contributed by atoms with Crippen molar-refractivity contribution < 1.29 is 14.3 Å². The highest BCUT2D eigenvalue weighted by atomic mass is 16.5. The average molecular weight is 248 g/mol. The first-order valence-corrected chi connectivity index (χ1v) is 6.45. The molecular weight excluding hydrogens is 228 g/mol. The van der Waals surface area contributed by atoms with Gasteiger partial charge in [-0.1, -0.05) is 31.2 Å². The van der Waals surface area contributed by atoms with E-state index in [4.69, 9.17) is 4.74 Å². The van der Waals surface area contributed by atoms with Crippen molar-refractivity contribution in [3.05, 3.63) is 35.4 Å². The van der Waals surface area contributed by atoms with Gasteiger partial charge in [0, 0.05) is 18.4 Å². The van der Waals surface area contributed by atoms with Crippen LogP contribution >= 0.6 is 0 Å². The van der Waals surface area contributed by atoms with Crippen molar-refractivity contribution in [3.8, 4) is 0 Å². The molecule has 0 atom stereocenters. The molecule has 1 aromatic rings. The third-order valence-corrected chi connectivity index (χ3v) is 2.77. The van der Waals surface area contributed by atoms with Crippen LogP contribution in [0.5, 0.6) is 0 Å². The molecule has 0 radical (unpaired) electrons. The van der Waals surface area contributed by atoms with Crippen molar-refractivity contribution in [3.63, 3.8) is 0 Å². The lowest BCUT2D eigenvalue weighted by Gasteiger charge is -2.03. The van der Waals surface area contributed by atoms with Crippen molar-refractivity contribution in [2.45, 2.75) is 39.5 Å². The largest absolute Gasteiger partial charge is 0.466 e. The molecular formula is C15H20O3. The van der Waals surface area contributed by atoms with Crippen LogP contribution in [-0.4, -0.2) is 18.4 Å². The van der Waals surface area contributed by atoms with E-state index in [1.54, 1.807) is 6.92 Å². The Morgan fingerprint density at radius 2 is 1.72 bits per heavy atom. The summed E-state index contributed by atoms with van der Waals surface area (Å²) in [5, 5.41) is 0. The normalized spacial score (nSPS) is 10.1. The number of carbonyl (C=O) groups excluding carboxylic acids is 2. The number of hydrogen-bond acceptors (Lipinski definition) is 3. The number of rotatable bonds is 7. The molecule has 18 heavy (non-hydrogen) atoms. The fraction of sp³-hybridized carbons (Fsp3) is 0.467. The van der Waals surface area contributed by atoms with Gasteiger partial charge in [0.1, 0.15) is 0 Å². The highest BCUT2D eigenvalue weighted by Gasteiger charge is 2.08. The average Bonchev–Trinajstić information content (AvgIpc) is 2.39. The molecule has 98 valence electrons. The van der Waals surface area contributed by atoms with Crippen LogP contribution in [0.4, 0.5) is 0 Å². The van der Waals surface area contributed by atoms with E-state index < -0.39 is 0 Å². The Labute approximate surface area is 108 Å². The van der Waals surface area contributed by atoms with Gasteiger partial charge in [0.05, 0.1) is 6.61 Å². The van der Waals surface area contributed by atoms with E-state index >= 15 is 0 Å². The summed E-state index contributed by atoms with van der Waals surface area (Å²) in [6, 6.07) is 7.65. The van der Waals surface area contributed by atoms with Gasteiger partial charge in [-0.05, 0) is 25.3 Å². The standard InChI is InChI=1S/C15H20O3/c1-3-12-8-10-13(11-9-12)14(16)6-5-7-15(17)18-4-2/h8-11H,3-7H2,1-2H3. The molecule has 1 aromatic carbocycles. The zero-order chi connectivity index (χ0) is 13.4. The van der Waals surface area contributed by atoms with Crippen LogP contribution in [-0.2, 0) is 16.0 Å². The number of benzene rings is 1. The van der Waals surface area contributed by atoms with E-state index in [1.807, 2.05) is 24.3 Å². The minimum Gasteiger partial charge on any atom is -0.466 e. The predicted octanol–water partition coefficient (Wildman–Crippen LogP) is 3.17. The number of ether oxygens (including phenoxy) is 1. The van der Waals surface area contributed by atoms with Crippen LogP contribution in [0.2, 0.25) is 0 Å². The van der Waals surface area contributed by atoms with Gasteiger partial charge >= 0.3 is 5.97 Å². The van der Waals surface area contributed by atoms with Gasteiger partial charge in [0.2, 0.25) is 0 Å². The summed E-state index contributed by atoms with van der Waals surface area (Å²) >= 11 is 0. The second-order valence-corrected chi connectivity index (χ2v) is 4.13. The molecule has 0 unspecified atom stereocenters. The smallest absolute Gasteiger partial charge is 0.305 e. The predicted molar refractivity (Wildman–Crippen MR) is 70.6 cm³/mol. The lowest BCUT2D eigenvalue weighted by Crippen LogP contribution is -2.05. The van der Waals surface area contributed by atoms with Crippen molar-refractivity contribution in [2.75, 3.05) is 6.61 Å². The number of hydrogen-bond donors (Lipinski definition) is 0. The van der Waals surface area contributed by atoms with E-state index in [0.29, 0.717) is 25.9 Å². The van der Waals surface area contributed by atoms with Gasteiger partial charge in [-0.25, -0.2) is 0 Å². The van der Waals surface area contributed by atoms with Crippen LogP contribution in [0.1, 0.15) is 49.0 Å². The van der Waals surface area contributed by atoms with Crippen molar-refractivity contribution in [1.29, 1.82) is 0 Å². The lowest BCUT2D eigenvalue weighted by molar-refractivity contribution is -0.143. The van der Waals surface area contributed by atoms with Gasteiger partial charge in [0.15, 0.2) is 5.78 Å². The molecule has 0 N–H and O–H groups in total. The molecule has 0 aliphatic heterocycles. The van der Waals surface area contributed by atoms with E-state index in [1.165, 1.54) is 5.56 Å². The van der Waals surface area contributed by atoms with Crippen LogP contribution in [0.3, 0.4) is 0 Å². The quantitative estimate of drug-likeness (QED) is 0.550. The second kappa shape index (κ2) is 7.64. The Bertz CT molecular complexity index is 393. The molecule has 0 bridgehead atoms. The van der Waals surface area contributed by atoms with Crippen LogP contribution in [0, 0.1) is 0 Å². The summed E-state index contributed by atoms with van der Waals surface area (Å²) in [5.41, 5.74) is 1.94. The minimum atomic E-state index is -0.230. The number of esters is 1. The summed E-state index contributed by atoms with van der Waals surface area (Å²) in [4.78, 5) is 22.9. The molecule has 0 saturated carbocycles. The molecule has 0 aliphatic rings. The number of carbonyl (C=O) groups is 2. The number of Topliss-reactive ketones (excluding diaryl/α,β-unsaturated/α-hetero) is 1. The van der Waals surface area contributed by atoms with Gasteiger partial charge in [-0.2, -0.15) is 0 Å². The Balaban J connectivity index is 2.38. The molecule has 3 heteroatoms. The molecule has 1 rings (SSSR count). The lowest BCUT2D eigenvalue weighted by atomic mass is 10.0. The number of ketones is 1. The molecule has 0 heterocycles. The molecule has 0 saturated heterocycles. The molecule has 0 spiro atoms. The van der Waals surface area contributed by atoms with Crippen molar-refractivity contribution in [2.24, 2.45) is 0 Å². The molecule has 0 amide bonds. The highest BCUT2D eigenvalue weighted by molar-refractivity contribution is 5.96. The third kappa shape index (κ3) is 4.70. The SMILES string of the molecule is CCOC(=O)CCCC(=O)c1ccc(CC)cc1. The first-order valence-electron chi connectivity index (χ1n) is 6.45. The summed E-state index contributed by atoms with van der Waals surface area (Å²) < 4.78 is 4.81.